The summed E-state index contributed by atoms with van der Waals surface area (Å²) in [6.07, 6.45) is 0. The molecule has 0 bridgehead atoms. The van der Waals surface area contributed by atoms with Gasteiger partial charge in [-0.3, -0.25) is 9.59 Å². The van der Waals surface area contributed by atoms with Crippen LogP contribution in [0.3, 0.4) is 0 Å². The number of aromatic hydroxyl groups is 1. The van der Waals surface area contributed by atoms with Crippen molar-refractivity contribution in [3.8, 4) is 11.5 Å². The first-order chi connectivity index (χ1) is 14.4. The van der Waals surface area contributed by atoms with E-state index in [-0.39, 0.29) is 23.6 Å². The van der Waals surface area contributed by atoms with Crippen LogP contribution in [0.25, 0.3) is 0 Å². The smallest absolute Gasteiger partial charge is 0.255 e. The zero-order chi connectivity index (χ0) is 21.5. The van der Waals surface area contributed by atoms with Gasteiger partial charge < -0.3 is 20.5 Å². The average Bonchev–Trinajstić information content (AvgIpc) is 2.74. The first-order valence-electron chi connectivity index (χ1n) is 9.60. The first-order valence-corrected chi connectivity index (χ1v) is 9.60. The molecule has 3 aromatic carbocycles. The lowest BCUT2D eigenvalue weighted by Crippen LogP contribution is -2.23. The number of hydrogen-bond acceptors (Lipinski definition) is 4. The highest BCUT2D eigenvalue weighted by atomic mass is 16.5. The molecule has 0 spiro atoms. The molecule has 0 saturated heterocycles. The second-order valence-electron chi connectivity index (χ2n) is 6.95. The molecular weight excluding hydrogens is 380 g/mol. The van der Waals surface area contributed by atoms with E-state index in [2.05, 4.69) is 10.6 Å². The molecule has 30 heavy (non-hydrogen) atoms. The number of carbonyl (C=O) groups is 2. The van der Waals surface area contributed by atoms with E-state index in [1.165, 1.54) is 13.0 Å². The zero-order valence-corrected chi connectivity index (χ0v) is 16.9. The molecule has 0 heterocycles. The molecule has 154 valence electrons. The molecule has 2 amide bonds. The SMILES string of the molecule is CC(=O)N[C@@H](C)c1ccc(NC(=O)c2ccc(OCc3ccccc3)cc2)c(O)c1. The van der Waals surface area contributed by atoms with Crippen molar-refractivity contribution in [2.24, 2.45) is 0 Å². The van der Waals surface area contributed by atoms with Crippen LogP contribution in [-0.2, 0) is 11.4 Å². The van der Waals surface area contributed by atoms with Crippen molar-refractivity contribution in [2.45, 2.75) is 26.5 Å². The Labute approximate surface area is 175 Å². The third-order valence-electron chi connectivity index (χ3n) is 4.55. The molecule has 0 unspecified atom stereocenters. The fourth-order valence-electron chi connectivity index (χ4n) is 2.95. The summed E-state index contributed by atoms with van der Waals surface area (Å²) in [6.45, 7) is 3.70. The second kappa shape index (κ2) is 9.60. The Kier molecular flexibility index (Phi) is 6.70. The van der Waals surface area contributed by atoms with Gasteiger partial charge in [-0.25, -0.2) is 0 Å². The Bertz CT molecular complexity index is 1020. The average molecular weight is 404 g/mol. The van der Waals surface area contributed by atoms with E-state index in [9.17, 15) is 14.7 Å². The van der Waals surface area contributed by atoms with Crippen molar-refractivity contribution in [1.29, 1.82) is 0 Å². The van der Waals surface area contributed by atoms with Gasteiger partial charge in [0.05, 0.1) is 11.7 Å². The van der Waals surface area contributed by atoms with E-state index in [1.807, 2.05) is 37.3 Å². The number of amides is 2. The molecule has 0 aliphatic carbocycles. The number of ether oxygens (including phenoxy) is 1. The van der Waals surface area contributed by atoms with Crippen LogP contribution in [0.4, 0.5) is 5.69 Å². The molecule has 6 nitrogen and oxygen atoms in total. The van der Waals surface area contributed by atoms with Gasteiger partial charge >= 0.3 is 0 Å². The highest BCUT2D eigenvalue weighted by molar-refractivity contribution is 6.05. The van der Waals surface area contributed by atoms with E-state index in [4.69, 9.17) is 4.74 Å². The van der Waals surface area contributed by atoms with E-state index in [0.717, 1.165) is 11.1 Å². The summed E-state index contributed by atoms with van der Waals surface area (Å²) in [5.41, 5.74) is 2.53. The van der Waals surface area contributed by atoms with Crippen LogP contribution in [0.1, 0.15) is 41.4 Å². The Hall–Kier alpha value is -3.80. The van der Waals surface area contributed by atoms with Crippen LogP contribution in [0.5, 0.6) is 11.5 Å². The van der Waals surface area contributed by atoms with E-state index in [0.29, 0.717) is 23.6 Å². The minimum absolute atomic E-state index is 0.0686. The van der Waals surface area contributed by atoms with Crippen molar-refractivity contribution in [3.05, 3.63) is 89.5 Å². The maximum atomic E-state index is 12.5. The summed E-state index contributed by atoms with van der Waals surface area (Å²) in [7, 11) is 0. The van der Waals surface area contributed by atoms with Gasteiger partial charge in [-0.05, 0) is 54.4 Å². The lowest BCUT2D eigenvalue weighted by atomic mass is 10.1. The van der Waals surface area contributed by atoms with Crippen molar-refractivity contribution in [1.82, 2.24) is 5.32 Å². The van der Waals surface area contributed by atoms with Gasteiger partial charge in [0.1, 0.15) is 18.1 Å². The number of phenolic OH excluding ortho intramolecular Hbond substituents is 1. The third kappa shape index (κ3) is 5.61. The lowest BCUT2D eigenvalue weighted by Gasteiger charge is -2.15. The van der Waals surface area contributed by atoms with Crippen LogP contribution in [-0.4, -0.2) is 16.9 Å². The quantitative estimate of drug-likeness (QED) is 0.509. The van der Waals surface area contributed by atoms with Gasteiger partial charge in [0.25, 0.3) is 5.91 Å². The van der Waals surface area contributed by atoms with Gasteiger partial charge in [-0.15, -0.1) is 0 Å². The molecule has 3 N–H and O–H groups in total. The summed E-state index contributed by atoms with van der Waals surface area (Å²) < 4.78 is 5.73. The van der Waals surface area contributed by atoms with E-state index >= 15 is 0 Å². The van der Waals surface area contributed by atoms with Gasteiger partial charge in [0.2, 0.25) is 5.91 Å². The molecule has 0 aromatic heterocycles. The number of hydrogen-bond donors (Lipinski definition) is 3. The standard InChI is InChI=1S/C24H24N2O4/c1-16(25-17(2)27)20-10-13-22(23(28)14-20)26-24(29)19-8-11-21(12-9-19)30-15-18-6-4-3-5-7-18/h3-14,16,28H,15H2,1-2H3,(H,25,27)(H,26,29)/t16-/m0/s1. The molecule has 1 atom stereocenters. The van der Waals surface area contributed by atoms with Crippen molar-refractivity contribution in [2.75, 3.05) is 5.32 Å². The predicted molar refractivity (Wildman–Crippen MR) is 116 cm³/mol. The molecular formula is C24H24N2O4. The number of benzene rings is 3. The van der Waals surface area contributed by atoms with Crippen LogP contribution in [0, 0.1) is 0 Å². The number of phenols is 1. The minimum atomic E-state index is -0.345. The molecule has 0 aliphatic heterocycles. The monoisotopic (exact) mass is 404 g/mol. The fraction of sp³-hybridized carbons (Fsp3) is 0.167. The van der Waals surface area contributed by atoms with Crippen LogP contribution < -0.4 is 15.4 Å². The molecule has 3 aromatic rings. The Balaban J connectivity index is 1.61. The summed E-state index contributed by atoms with van der Waals surface area (Å²) >= 11 is 0. The van der Waals surface area contributed by atoms with Gasteiger partial charge in [0, 0.05) is 12.5 Å². The molecule has 0 radical (unpaired) electrons. The predicted octanol–water partition coefficient (Wildman–Crippen LogP) is 4.42. The molecule has 6 heteroatoms. The third-order valence-corrected chi connectivity index (χ3v) is 4.55. The molecule has 3 rings (SSSR count). The zero-order valence-electron chi connectivity index (χ0n) is 16.9. The number of nitrogens with one attached hydrogen (secondary N) is 2. The summed E-state index contributed by atoms with van der Waals surface area (Å²) in [5, 5.41) is 15.7. The van der Waals surface area contributed by atoms with Gasteiger partial charge in [-0.1, -0.05) is 36.4 Å². The van der Waals surface area contributed by atoms with Gasteiger partial charge in [-0.2, -0.15) is 0 Å². The highest BCUT2D eigenvalue weighted by Gasteiger charge is 2.13. The van der Waals surface area contributed by atoms with Crippen molar-refractivity contribution < 1.29 is 19.4 Å². The van der Waals surface area contributed by atoms with Gasteiger partial charge in [0.15, 0.2) is 0 Å². The Morgan fingerprint density at radius 1 is 1.00 bits per heavy atom. The molecule has 0 fully saturated rings. The van der Waals surface area contributed by atoms with Crippen molar-refractivity contribution >= 4 is 17.5 Å². The topological polar surface area (TPSA) is 87.7 Å². The minimum Gasteiger partial charge on any atom is -0.506 e. The second-order valence-corrected chi connectivity index (χ2v) is 6.95. The number of carbonyl (C=O) groups excluding carboxylic acids is 2. The Morgan fingerprint density at radius 2 is 1.70 bits per heavy atom. The molecule has 0 aliphatic rings. The Morgan fingerprint density at radius 3 is 2.33 bits per heavy atom. The fourth-order valence-corrected chi connectivity index (χ4v) is 2.95. The van der Waals surface area contributed by atoms with Crippen LogP contribution >= 0.6 is 0 Å². The normalized spacial score (nSPS) is 11.4. The maximum Gasteiger partial charge on any atom is 0.255 e. The maximum absolute atomic E-state index is 12.5. The summed E-state index contributed by atoms with van der Waals surface area (Å²) in [4.78, 5) is 23.7. The molecule has 0 saturated carbocycles. The summed E-state index contributed by atoms with van der Waals surface area (Å²) in [5.74, 6) is 0.0913. The number of anilines is 1. The number of rotatable bonds is 7. The van der Waals surface area contributed by atoms with E-state index in [1.54, 1.807) is 36.4 Å². The largest absolute Gasteiger partial charge is 0.506 e. The van der Waals surface area contributed by atoms with E-state index < -0.39 is 0 Å². The van der Waals surface area contributed by atoms with Crippen LogP contribution in [0.15, 0.2) is 72.8 Å². The van der Waals surface area contributed by atoms with Crippen molar-refractivity contribution in [3.63, 3.8) is 0 Å². The lowest BCUT2D eigenvalue weighted by molar-refractivity contribution is -0.119. The first kappa shape index (κ1) is 20.9. The summed E-state index contributed by atoms with van der Waals surface area (Å²) in [6, 6.07) is 21.3. The highest BCUT2D eigenvalue weighted by Crippen LogP contribution is 2.28. The van der Waals surface area contributed by atoms with Crippen LogP contribution in [0.2, 0.25) is 0 Å².